The lowest BCUT2D eigenvalue weighted by Gasteiger charge is -2.22. The van der Waals surface area contributed by atoms with E-state index in [9.17, 15) is 14.9 Å². The fraction of sp³-hybridized carbons (Fsp3) is 0.300. The Kier molecular flexibility index (Phi) is 3.72. The highest BCUT2D eigenvalue weighted by molar-refractivity contribution is 9.10. The summed E-state index contributed by atoms with van der Waals surface area (Å²) in [6.07, 6.45) is 0. The van der Waals surface area contributed by atoms with Gasteiger partial charge in [0.05, 0.1) is 15.5 Å². The molecular weight excluding hydrogens is 294 g/mol. The van der Waals surface area contributed by atoms with E-state index < -0.39 is 16.5 Å². The van der Waals surface area contributed by atoms with E-state index in [0.29, 0.717) is 4.47 Å². The number of ether oxygens (including phenoxy) is 1. The molecule has 0 aliphatic rings. The van der Waals surface area contributed by atoms with Gasteiger partial charge >= 0.3 is 5.97 Å². The maximum atomic E-state index is 10.9. The second-order valence-electron chi connectivity index (χ2n) is 3.79. The van der Waals surface area contributed by atoms with Gasteiger partial charge in [0.15, 0.2) is 5.60 Å². The molecule has 1 N–H and O–H groups in total. The van der Waals surface area contributed by atoms with Crippen LogP contribution in [-0.2, 0) is 4.79 Å². The Morgan fingerprint density at radius 2 is 2.12 bits per heavy atom. The van der Waals surface area contributed by atoms with Crippen LogP contribution in [0, 0.1) is 10.1 Å². The molecule has 0 atom stereocenters. The summed E-state index contributed by atoms with van der Waals surface area (Å²) in [6, 6.07) is 3.91. The smallest absolute Gasteiger partial charge is 0.347 e. The number of non-ortho nitro benzene ring substituents is 1. The number of nitrogens with zero attached hydrogens (tertiary/aromatic N) is 1. The molecular formula is C10H10BrNO5. The lowest BCUT2D eigenvalue weighted by atomic mass is 10.1. The number of benzene rings is 1. The van der Waals surface area contributed by atoms with Crippen molar-refractivity contribution in [3.63, 3.8) is 0 Å². The molecule has 0 aromatic heterocycles. The van der Waals surface area contributed by atoms with Gasteiger partial charge in [0, 0.05) is 6.07 Å². The van der Waals surface area contributed by atoms with Gasteiger partial charge in [0.25, 0.3) is 5.69 Å². The number of carboxylic acids is 1. The second-order valence-corrected chi connectivity index (χ2v) is 4.64. The minimum absolute atomic E-state index is 0.117. The van der Waals surface area contributed by atoms with E-state index in [1.807, 2.05) is 0 Å². The first-order valence-electron chi connectivity index (χ1n) is 4.60. The van der Waals surface area contributed by atoms with Gasteiger partial charge in [-0.05, 0) is 35.8 Å². The fourth-order valence-corrected chi connectivity index (χ4v) is 1.33. The van der Waals surface area contributed by atoms with Gasteiger partial charge in [-0.2, -0.15) is 0 Å². The number of halogens is 1. The lowest BCUT2D eigenvalue weighted by molar-refractivity contribution is -0.385. The fourth-order valence-electron chi connectivity index (χ4n) is 1.00. The third kappa shape index (κ3) is 3.16. The third-order valence-electron chi connectivity index (χ3n) is 2.01. The lowest BCUT2D eigenvalue weighted by Crippen LogP contribution is -2.37. The molecule has 0 aliphatic heterocycles. The molecule has 0 fully saturated rings. The first-order chi connectivity index (χ1) is 7.74. The predicted octanol–water partition coefficient (Wildman–Crippen LogP) is 2.60. The SMILES string of the molecule is CC(C)(Oc1cc([N+](=O)[O-])ccc1Br)C(=O)O. The Hall–Kier alpha value is -1.63. The summed E-state index contributed by atoms with van der Waals surface area (Å²) in [5.74, 6) is -1.04. The number of nitro groups is 1. The van der Waals surface area contributed by atoms with Crippen LogP contribution >= 0.6 is 15.9 Å². The Labute approximate surface area is 105 Å². The van der Waals surface area contributed by atoms with Crippen LogP contribution in [0.5, 0.6) is 5.75 Å². The van der Waals surface area contributed by atoms with Gasteiger partial charge < -0.3 is 9.84 Å². The zero-order valence-corrected chi connectivity index (χ0v) is 10.7. The average molecular weight is 304 g/mol. The normalized spacial score (nSPS) is 11.0. The maximum absolute atomic E-state index is 10.9. The first kappa shape index (κ1) is 13.4. The van der Waals surface area contributed by atoms with Crippen molar-refractivity contribution in [2.45, 2.75) is 19.4 Å². The number of carboxylic acid groups (broad SMARTS) is 1. The van der Waals surface area contributed by atoms with Crippen LogP contribution in [0.3, 0.4) is 0 Å². The minimum Gasteiger partial charge on any atom is -0.478 e. The van der Waals surface area contributed by atoms with Crippen molar-refractivity contribution in [1.29, 1.82) is 0 Å². The van der Waals surface area contributed by atoms with Gasteiger partial charge in [0.2, 0.25) is 0 Å². The highest BCUT2D eigenvalue weighted by Gasteiger charge is 2.30. The van der Waals surface area contributed by atoms with Crippen molar-refractivity contribution >= 4 is 27.6 Å². The van der Waals surface area contributed by atoms with Gasteiger partial charge in [-0.1, -0.05) is 0 Å². The molecule has 0 saturated heterocycles. The van der Waals surface area contributed by atoms with Gasteiger partial charge in [0.1, 0.15) is 5.75 Å². The predicted molar refractivity (Wildman–Crippen MR) is 63.1 cm³/mol. The second kappa shape index (κ2) is 4.70. The molecule has 1 aromatic rings. The van der Waals surface area contributed by atoms with Crippen LogP contribution in [0.1, 0.15) is 13.8 Å². The molecule has 0 aliphatic carbocycles. The maximum Gasteiger partial charge on any atom is 0.347 e. The highest BCUT2D eigenvalue weighted by Crippen LogP contribution is 2.31. The molecule has 1 rings (SSSR count). The summed E-state index contributed by atoms with van der Waals surface area (Å²) < 4.78 is 5.69. The van der Waals surface area contributed by atoms with Crippen LogP contribution in [-0.4, -0.2) is 21.6 Å². The molecule has 1 aromatic carbocycles. The molecule has 92 valence electrons. The van der Waals surface area contributed by atoms with E-state index in [-0.39, 0.29) is 11.4 Å². The largest absolute Gasteiger partial charge is 0.478 e. The standard InChI is InChI=1S/C10H10BrNO5/c1-10(2,9(13)14)17-8-5-6(12(15)16)3-4-7(8)11/h3-5H,1-2H3,(H,13,14). The quantitative estimate of drug-likeness (QED) is 0.682. The summed E-state index contributed by atoms with van der Waals surface area (Å²) in [5, 5.41) is 19.5. The topological polar surface area (TPSA) is 89.7 Å². The van der Waals surface area contributed by atoms with Crippen LogP contribution in [0.2, 0.25) is 0 Å². The molecule has 0 spiro atoms. The number of rotatable bonds is 4. The molecule has 0 saturated carbocycles. The van der Waals surface area contributed by atoms with E-state index in [4.69, 9.17) is 9.84 Å². The monoisotopic (exact) mass is 303 g/mol. The highest BCUT2D eigenvalue weighted by atomic mass is 79.9. The Morgan fingerprint density at radius 1 is 1.53 bits per heavy atom. The Balaban J connectivity index is 3.10. The van der Waals surface area contributed by atoms with Crippen LogP contribution in [0.25, 0.3) is 0 Å². The summed E-state index contributed by atoms with van der Waals surface area (Å²) >= 11 is 3.14. The molecule has 6 nitrogen and oxygen atoms in total. The Bertz CT molecular complexity index is 472. The first-order valence-corrected chi connectivity index (χ1v) is 5.39. The zero-order chi connectivity index (χ0) is 13.2. The molecule has 17 heavy (non-hydrogen) atoms. The van der Waals surface area contributed by atoms with Crippen LogP contribution < -0.4 is 4.74 Å². The molecule has 0 radical (unpaired) electrons. The third-order valence-corrected chi connectivity index (χ3v) is 2.66. The van der Waals surface area contributed by atoms with Crippen molar-refractivity contribution in [2.24, 2.45) is 0 Å². The molecule has 0 amide bonds. The van der Waals surface area contributed by atoms with E-state index in [1.165, 1.54) is 32.0 Å². The number of nitro benzene ring substituents is 1. The van der Waals surface area contributed by atoms with Crippen molar-refractivity contribution in [1.82, 2.24) is 0 Å². The van der Waals surface area contributed by atoms with E-state index >= 15 is 0 Å². The number of hydrogen-bond donors (Lipinski definition) is 1. The Morgan fingerprint density at radius 3 is 2.59 bits per heavy atom. The van der Waals surface area contributed by atoms with Crippen molar-refractivity contribution in [2.75, 3.05) is 0 Å². The van der Waals surface area contributed by atoms with E-state index in [1.54, 1.807) is 0 Å². The van der Waals surface area contributed by atoms with Crippen LogP contribution in [0.15, 0.2) is 22.7 Å². The van der Waals surface area contributed by atoms with Crippen molar-refractivity contribution in [3.8, 4) is 5.75 Å². The molecule has 0 bridgehead atoms. The average Bonchev–Trinajstić information content (AvgIpc) is 2.20. The molecule has 0 unspecified atom stereocenters. The summed E-state index contributed by atoms with van der Waals surface area (Å²) in [7, 11) is 0. The van der Waals surface area contributed by atoms with E-state index in [2.05, 4.69) is 15.9 Å². The van der Waals surface area contributed by atoms with E-state index in [0.717, 1.165) is 0 Å². The van der Waals surface area contributed by atoms with Gasteiger partial charge in [-0.3, -0.25) is 10.1 Å². The summed E-state index contributed by atoms with van der Waals surface area (Å²) in [5.41, 5.74) is -1.62. The zero-order valence-electron chi connectivity index (χ0n) is 9.14. The summed E-state index contributed by atoms with van der Waals surface area (Å²) in [4.78, 5) is 20.9. The number of hydrogen-bond acceptors (Lipinski definition) is 4. The number of carbonyl (C=O) groups is 1. The number of aliphatic carboxylic acids is 1. The van der Waals surface area contributed by atoms with Crippen LogP contribution in [0.4, 0.5) is 5.69 Å². The molecule has 7 heteroatoms. The summed E-state index contributed by atoms with van der Waals surface area (Å²) in [6.45, 7) is 2.72. The minimum atomic E-state index is -1.46. The molecule has 0 heterocycles. The van der Waals surface area contributed by atoms with Gasteiger partial charge in [-0.15, -0.1) is 0 Å². The van der Waals surface area contributed by atoms with Crippen molar-refractivity contribution in [3.05, 3.63) is 32.8 Å². The van der Waals surface area contributed by atoms with Gasteiger partial charge in [-0.25, -0.2) is 4.79 Å². The van der Waals surface area contributed by atoms with Crippen molar-refractivity contribution < 1.29 is 19.6 Å².